The first kappa shape index (κ1) is 15.4. The lowest BCUT2D eigenvalue weighted by Gasteiger charge is -2.15. The number of hydrogen-bond donors (Lipinski definition) is 1. The second-order valence-corrected chi connectivity index (χ2v) is 4.60. The molecule has 5 nitrogen and oxygen atoms in total. The average molecular weight is 297 g/mol. The minimum Gasteiger partial charge on any atom is -0.497 e. The molecule has 0 fully saturated rings. The number of carboxylic acids is 1. The van der Waals surface area contributed by atoms with E-state index in [1.165, 1.54) is 19.2 Å². The summed E-state index contributed by atoms with van der Waals surface area (Å²) < 4.78 is 10.4. The molecule has 2 aromatic rings. The molecule has 0 aromatic heterocycles. The summed E-state index contributed by atoms with van der Waals surface area (Å²) in [5.41, 5.74) is 1.38. The van der Waals surface area contributed by atoms with Gasteiger partial charge in [0.2, 0.25) is 0 Å². The van der Waals surface area contributed by atoms with E-state index in [0.717, 1.165) is 5.56 Å². The van der Waals surface area contributed by atoms with Gasteiger partial charge in [-0.3, -0.25) is 0 Å². The number of rotatable bonds is 5. The van der Waals surface area contributed by atoms with Crippen LogP contribution >= 0.6 is 0 Å². The van der Waals surface area contributed by atoms with Gasteiger partial charge in [-0.25, -0.2) is 4.79 Å². The summed E-state index contributed by atoms with van der Waals surface area (Å²) in [5, 5.41) is 18.7. The highest BCUT2D eigenvalue weighted by Gasteiger charge is 2.20. The summed E-state index contributed by atoms with van der Waals surface area (Å²) in [4.78, 5) is 11.1. The lowest BCUT2D eigenvalue weighted by atomic mass is 9.90. The molecule has 0 spiro atoms. The van der Waals surface area contributed by atoms with Gasteiger partial charge in [-0.05, 0) is 35.9 Å². The Labute approximate surface area is 128 Å². The molecule has 112 valence electrons. The molecule has 0 aliphatic heterocycles. The van der Waals surface area contributed by atoms with Crippen LogP contribution in [-0.4, -0.2) is 25.3 Å². The van der Waals surface area contributed by atoms with Gasteiger partial charge in [0.05, 0.1) is 31.8 Å². The minimum atomic E-state index is -1.05. The van der Waals surface area contributed by atoms with Crippen LogP contribution in [0.2, 0.25) is 0 Å². The average Bonchev–Trinajstić information content (AvgIpc) is 2.56. The van der Waals surface area contributed by atoms with Gasteiger partial charge in [0.15, 0.2) is 0 Å². The fraction of sp³-hybridized carbons (Fsp3) is 0.176. The fourth-order valence-corrected chi connectivity index (χ4v) is 2.21. The summed E-state index contributed by atoms with van der Waals surface area (Å²) in [6.45, 7) is 0. The van der Waals surface area contributed by atoms with E-state index >= 15 is 0 Å². The molecule has 0 saturated carbocycles. The van der Waals surface area contributed by atoms with E-state index in [-0.39, 0.29) is 5.56 Å². The SMILES string of the molecule is COc1ccc(C(C#N)c2cc(C(=O)O)ccc2OC)cc1. The summed E-state index contributed by atoms with van der Waals surface area (Å²) in [6, 6.07) is 13.8. The molecule has 0 amide bonds. The van der Waals surface area contributed by atoms with E-state index in [2.05, 4.69) is 6.07 Å². The highest BCUT2D eigenvalue weighted by atomic mass is 16.5. The number of nitriles is 1. The van der Waals surface area contributed by atoms with E-state index in [1.807, 2.05) is 0 Å². The largest absolute Gasteiger partial charge is 0.497 e. The summed E-state index contributed by atoms with van der Waals surface area (Å²) in [6.07, 6.45) is 0. The Hall–Kier alpha value is -3.00. The Morgan fingerprint density at radius 3 is 2.32 bits per heavy atom. The van der Waals surface area contributed by atoms with Gasteiger partial charge in [0.1, 0.15) is 11.5 Å². The predicted octanol–water partition coefficient (Wildman–Crippen LogP) is 3.06. The molecule has 2 aromatic carbocycles. The van der Waals surface area contributed by atoms with Crippen molar-refractivity contribution in [2.45, 2.75) is 5.92 Å². The van der Waals surface area contributed by atoms with Gasteiger partial charge in [0, 0.05) is 5.56 Å². The lowest BCUT2D eigenvalue weighted by Crippen LogP contribution is -2.05. The Balaban J connectivity index is 2.51. The van der Waals surface area contributed by atoms with Crippen LogP contribution in [0.5, 0.6) is 11.5 Å². The van der Waals surface area contributed by atoms with E-state index < -0.39 is 11.9 Å². The van der Waals surface area contributed by atoms with E-state index in [9.17, 15) is 10.1 Å². The van der Waals surface area contributed by atoms with Gasteiger partial charge in [-0.15, -0.1) is 0 Å². The number of aromatic carboxylic acids is 1. The van der Waals surface area contributed by atoms with Gasteiger partial charge in [-0.1, -0.05) is 12.1 Å². The quantitative estimate of drug-likeness (QED) is 0.917. The zero-order valence-corrected chi connectivity index (χ0v) is 12.2. The minimum absolute atomic E-state index is 0.115. The predicted molar refractivity (Wildman–Crippen MR) is 80.4 cm³/mol. The fourth-order valence-electron chi connectivity index (χ4n) is 2.21. The molecule has 1 N–H and O–H groups in total. The molecule has 0 aliphatic rings. The van der Waals surface area contributed by atoms with Gasteiger partial charge in [0.25, 0.3) is 0 Å². The van der Waals surface area contributed by atoms with Crippen molar-refractivity contribution in [3.63, 3.8) is 0 Å². The normalized spacial score (nSPS) is 11.3. The molecule has 5 heteroatoms. The Bertz CT molecular complexity index is 716. The topological polar surface area (TPSA) is 79.5 Å². The van der Waals surface area contributed by atoms with Crippen LogP contribution in [0.25, 0.3) is 0 Å². The monoisotopic (exact) mass is 297 g/mol. The molecule has 2 rings (SSSR count). The maximum absolute atomic E-state index is 11.1. The molecule has 0 heterocycles. The van der Waals surface area contributed by atoms with Crippen molar-refractivity contribution in [3.8, 4) is 17.6 Å². The van der Waals surface area contributed by atoms with Crippen molar-refractivity contribution in [1.82, 2.24) is 0 Å². The van der Waals surface area contributed by atoms with Crippen LogP contribution in [0, 0.1) is 11.3 Å². The maximum atomic E-state index is 11.1. The van der Waals surface area contributed by atoms with Gasteiger partial charge >= 0.3 is 5.97 Å². The highest BCUT2D eigenvalue weighted by molar-refractivity contribution is 5.88. The lowest BCUT2D eigenvalue weighted by molar-refractivity contribution is 0.0696. The zero-order valence-electron chi connectivity index (χ0n) is 12.2. The third-order valence-electron chi connectivity index (χ3n) is 3.37. The number of carbonyl (C=O) groups is 1. The molecule has 0 bridgehead atoms. The highest BCUT2D eigenvalue weighted by Crippen LogP contribution is 2.33. The second kappa shape index (κ2) is 6.64. The van der Waals surface area contributed by atoms with Crippen LogP contribution in [-0.2, 0) is 0 Å². The van der Waals surface area contributed by atoms with Crippen LogP contribution < -0.4 is 9.47 Å². The molecule has 0 aliphatic carbocycles. The van der Waals surface area contributed by atoms with Crippen molar-refractivity contribution < 1.29 is 19.4 Å². The number of hydrogen-bond acceptors (Lipinski definition) is 4. The molecule has 22 heavy (non-hydrogen) atoms. The first-order chi connectivity index (χ1) is 10.6. The van der Waals surface area contributed by atoms with Crippen LogP contribution in [0.1, 0.15) is 27.4 Å². The van der Waals surface area contributed by atoms with E-state index in [0.29, 0.717) is 17.1 Å². The van der Waals surface area contributed by atoms with Gasteiger partial charge in [-0.2, -0.15) is 5.26 Å². The number of benzene rings is 2. The zero-order chi connectivity index (χ0) is 16.1. The van der Waals surface area contributed by atoms with Crippen LogP contribution in [0.15, 0.2) is 42.5 Å². The van der Waals surface area contributed by atoms with Crippen molar-refractivity contribution in [3.05, 3.63) is 59.2 Å². The number of methoxy groups -OCH3 is 2. The Morgan fingerprint density at radius 1 is 1.14 bits per heavy atom. The first-order valence-corrected chi connectivity index (χ1v) is 6.55. The number of nitrogens with zero attached hydrogens (tertiary/aromatic N) is 1. The molecule has 1 unspecified atom stereocenters. The molecule has 0 saturated heterocycles. The first-order valence-electron chi connectivity index (χ1n) is 6.55. The van der Waals surface area contributed by atoms with E-state index in [4.69, 9.17) is 14.6 Å². The van der Waals surface area contributed by atoms with Gasteiger partial charge < -0.3 is 14.6 Å². The molecular formula is C17H15NO4. The molecule has 0 radical (unpaired) electrons. The summed E-state index contributed by atoms with van der Waals surface area (Å²) in [7, 11) is 3.05. The van der Waals surface area contributed by atoms with Crippen molar-refractivity contribution in [1.29, 1.82) is 5.26 Å². The number of carboxylic acid groups (broad SMARTS) is 1. The number of ether oxygens (including phenoxy) is 2. The van der Waals surface area contributed by atoms with E-state index in [1.54, 1.807) is 37.4 Å². The van der Waals surface area contributed by atoms with Crippen LogP contribution in [0.3, 0.4) is 0 Å². The summed E-state index contributed by atoms with van der Waals surface area (Å²) >= 11 is 0. The van der Waals surface area contributed by atoms with Crippen molar-refractivity contribution >= 4 is 5.97 Å². The third-order valence-corrected chi connectivity index (χ3v) is 3.37. The maximum Gasteiger partial charge on any atom is 0.335 e. The molecule has 1 atom stereocenters. The Kier molecular flexibility index (Phi) is 4.64. The van der Waals surface area contributed by atoms with Crippen molar-refractivity contribution in [2.75, 3.05) is 14.2 Å². The second-order valence-electron chi connectivity index (χ2n) is 4.60. The molecular weight excluding hydrogens is 282 g/mol. The van der Waals surface area contributed by atoms with Crippen LogP contribution in [0.4, 0.5) is 0 Å². The standard InChI is InChI=1S/C17H15NO4/c1-21-13-6-3-11(4-7-13)15(10-18)14-9-12(17(19)20)5-8-16(14)22-2/h3-9,15H,1-2H3,(H,19,20). The Morgan fingerprint density at radius 2 is 1.82 bits per heavy atom. The third kappa shape index (κ3) is 3.01. The smallest absolute Gasteiger partial charge is 0.335 e. The van der Waals surface area contributed by atoms with Crippen molar-refractivity contribution in [2.24, 2.45) is 0 Å². The summed E-state index contributed by atoms with van der Waals surface area (Å²) in [5.74, 6) is -0.505.